The number of hydrogen-bond acceptors (Lipinski definition) is 4. The van der Waals surface area contributed by atoms with Crippen molar-refractivity contribution in [1.29, 1.82) is 0 Å². The van der Waals surface area contributed by atoms with E-state index in [0.29, 0.717) is 5.69 Å². The van der Waals surface area contributed by atoms with Crippen LogP contribution in [-0.2, 0) is 0 Å². The number of nitrogen functional groups attached to an aromatic ring is 1. The SMILES string of the molecule is Nc1cccnc1-c1ccns1. The molecule has 12 heavy (non-hydrogen) atoms. The number of aromatic nitrogens is 2. The molecular formula is C8H7N3S. The summed E-state index contributed by atoms with van der Waals surface area (Å²) in [5.41, 5.74) is 7.24. The van der Waals surface area contributed by atoms with Gasteiger partial charge in [-0.2, -0.15) is 0 Å². The molecule has 2 aromatic rings. The smallest absolute Gasteiger partial charge is 0.105 e. The topological polar surface area (TPSA) is 51.8 Å². The highest BCUT2D eigenvalue weighted by Crippen LogP contribution is 2.25. The van der Waals surface area contributed by atoms with Gasteiger partial charge in [0.15, 0.2) is 0 Å². The standard InChI is InChI=1S/C8H7N3S/c9-6-2-1-4-10-8(6)7-3-5-11-12-7/h1-5H,9H2. The number of rotatable bonds is 1. The predicted molar refractivity (Wildman–Crippen MR) is 49.8 cm³/mol. The van der Waals surface area contributed by atoms with Crippen molar-refractivity contribution in [2.24, 2.45) is 0 Å². The minimum absolute atomic E-state index is 0.696. The Morgan fingerprint density at radius 3 is 2.83 bits per heavy atom. The van der Waals surface area contributed by atoms with Gasteiger partial charge in [0.05, 0.1) is 10.6 Å². The van der Waals surface area contributed by atoms with Gasteiger partial charge in [0.25, 0.3) is 0 Å². The average molecular weight is 177 g/mol. The van der Waals surface area contributed by atoms with Crippen molar-refractivity contribution < 1.29 is 0 Å². The lowest BCUT2D eigenvalue weighted by Crippen LogP contribution is -1.90. The summed E-state index contributed by atoms with van der Waals surface area (Å²) in [6, 6.07) is 5.56. The summed E-state index contributed by atoms with van der Waals surface area (Å²) in [5.74, 6) is 0. The minimum atomic E-state index is 0.696. The molecule has 0 amide bonds. The molecule has 0 unspecified atom stereocenters. The Balaban J connectivity index is 2.55. The zero-order chi connectivity index (χ0) is 8.39. The molecule has 0 bridgehead atoms. The summed E-state index contributed by atoms with van der Waals surface area (Å²) in [7, 11) is 0. The first-order valence-electron chi connectivity index (χ1n) is 3.49. The summed E-state index contributed by atoms with van der Waals surface area (Å²) in [4.78, 5) is 5.17. The fourth-order valence-corrected chi connectivity index (χ4v) is 1.58. The highest BCUT2D eigenvalue weighted by molar-refractivity contribution is 7.09. The highest BCUT2D eigenvalue weighted by Gasteiger charge is 2.03. The first-order valence-corrected chi connectivity index (χ1v) is 4.27. The molecule has 2 aromatic heterocycles. The van der Waals surface area contributed by atoms with Gasteiger partial charge >= 0.3 is 0 Å². The third-order valence-corrected chi connectivity index (χ3v) is 2.26. The van der Waals surface area contributed by atoms with E-state index in [2.05, 4.69) is 9.36 Å². The van der Waals surface area contributed by atoms with Crippen molar-refractivity contribution in [3.05, 3.63) is 30.6 Å². The van der Waals surface area contributed by atoms with Crippen LogP contribution in [0.5, 0.6) is 0 Å². The maximum atomic E-state index is 5.73. The van der Waals surface area contributed by atoms with Crippen LogP contribution in [0, 0.1) is 0 Å². The van der Waals surface area contributed by atoms with Gasteiger partial charge in [-0.3, -0.25) is 4.98 Å². The maximum Gasteiger partial charge on any atom is 0.105 e. The van der Waals surface area contributed by atoms with E-state index >= 15 is 0 Å². The number of nitrogens with zero attached hydrogens (tertiary/aromatic N) is 2. The van der Waals surface area contributed by atoms with E-state index in [4.69, 9.17) is 5.73 Å². The molecule has 0 saturated heterocycles. The zero-order valence-corrected chi connectivity index (χ0v) is 7.08. The highest BCUT2D eigenvalue weighted by atomic mass is 32.1. The summed E-state index contributed by atoms with van der Waals surface area (Å²) in [5, 5.41) is 0. The van der Waals surface area contributed by atoms with Crippen LogP contribution in [0.15, 0.2) is 30.6 Å². The molecule has 0 aliphatic carbocycles. The van der Waals surface area contributed by atoms with Crippen molar-refractivity contribution in [2.75, 3.05) is 5.73 Å². The van der Waals surface area contributed by atoms with E-state index in [1.807, 2.05) is 18.2 Å². The van der Waals surface area contributed by atoms with Crippen LogP contribution in [0.4, 0.5) is 5.69 Å². The van der Waals surface area contributed by atoms with E-state index in [-0.39, 0.29) is 0 Å². The number of nitrogens with two attached hydrogens (primary N) is 1. The van der Waals surface area contributed by atoms with Crippen molar-refractivity contribution in [3.8, 4) is 10.6 Å². The molecule has 60 valence electrons. The quantitative estimate of drug-likeness (QED) is 0.722. The monoisotopic (exact) mass is 177 g/mol. The Bertz CT molecular complexity index is 370. The van der Waals surface area contributed by atoms with E-state index in [1.54, 1.807) is 12.4 Å². The van der Waals surface area contributed by atoms with Gasteiger partial charge in [0.2, 0.25) is 0 Å². The molecule has 0 aliphatic heterocycles. The number of hydrogen-bond donors (Lipinski definition) is 1. The van der Waals surface area contributed by atoms with Crippen molar-refractivity contribution in [1.82, 2.24) is 9.36 Å². The Hall–Kier alpha value is -1.42. The average Bonchev–Trinajstić information content (AvgIpc) is 2.57. The van der Waals surface area contributed by atoms with E-state index in [1.165, 1.54) is 11.5 Å². The van der Waals surface area contributed by atoms with Gasteiger partial charge in [-0.05, 0) is 29.7 Å². The van der Waals surface area contributed by atoms with E-state index < -0.39 is 0 Å². The van der Waals surface area contributed by atoms with Gasteiger partial charge < -0.3 is 5.73 Å². The van der Waals surface area contributed by atoms with Crippen LogP contribution < -0.4 is 5.73 Å². The summed E-state index contributed by atoms with van der Waals surface area (Å²) >= 11 is 1.40. The molecule has 2 N–H and O–H groups in total. The summed E-state index contributed by atoms with van der Waals surface area (Å²) in [6.45, 7) is 0. The molecule has 0 spiro atoms. The molecule has 0 atom stereocenters. The molecule has 0 aromatic carbocycles. The summed E-state index contributed by atoms with van der Waals surface area (Å²) in [6.07, 6.45) is 3.47. The second kappa shape index (κ2) is 2.91. The Morgan fingerprint density at radius 2 is 2.17 bits per heavy atom. The number of pyridine rings is 1. The lowest BCUT2D eigenvalue weighted by atomic mass is 10.2. The zero-order valence-electron chi connectivity index (χ0n) is 6.27. The van der Waals surface area contributed by atoms with Crippen LogP contribution in [0.25, 0.3) is 10.6 Å². The van der Waals surface area contributed by atoms with Crippen molar-refractivity contribution in [3.63, 3.8) is 0 Å². The van der Waals surface area contributed by atoms with Crippen LogP contribution in [0.1, 0.15) is 0 Å². The van der Waals surface area contributed by atoms with Gasteiger partial charge in [0.1, 0.15) is 5.69 Å². The third-order valence-electron chi connectivity index (χ3n) is 1.51. The van der Waals surface area contributed by atoms with Gasteiger partial charge in [-0.25, -0.2) is 4.37 Å². The maximum absolute atomic E-state index is 5.73. The fourth-order valence-electron chi connectivity index (χ4n) is 0.962. The van der Waals surface area contributed by atoms with Crippen LogP contribution >= 0.6 is 11.5 Å². The molecule has 4 heteroatoms. The normalized spacial score (nSPS) is 10.0. The lowest BCUT2D eigenvalue weighted by Gasteiger charge is -1.98. The molecule has 0 radical (unpaired) electrons. The van der Waals surface area contributed by atoms with E-state index in [0.717, 1.165) is 10.6 Å². The van der Waals surface area contributed by atoms with Gasteiger partial charge in [-0.15, -0.1) is 0 Å². The molecule has 2 rings (SSSR count). The largest absolute Gasteiger partial charge is 0.397 e. The fraction of sp³-hybridized carbons (Fsp3) is 0. The Morgan fingerprint density at radius 1 is 1.25 bits per heavy atom. The van der Waals surface area contributed by atoms with Crippen LogP contribution in [0.3, 0.4) is 0 Å². The van der Waals surface area contributed by atoms with E-state index in [9.17, 15) is 0 Å². The third kappa shape index (κ3) is 1.16. The molecular weight excluding hydrogens is 170 g/mol. The van der Waals surface area contributed by atoms with Crippen molar-refractivity contribution in [2.45, 2.75) is 0 Å². The van der Waals surface area contributed by atoms with Crippen molar-refractivity contribution >= 4 is 17.2 Å². The minimum Gasteiger partial charge on any atom is -0.397 e. The van der Waals surface area contributed by atoms with Crippen LogP contribution in [-0.4, -0.2) is 9.36 Å². The molecule has 3 nitrogen and oxygen atoms in total. The Kier molecular flexibility index (Phi) is 1.75. The molecule has 0 fully saturated rings. The first-order chi connectivity index (χ1) is 5.88. The number of anilines is 1. The Labute approximate surface area is 74.0 Å². The van der Waals surface area contributed by atoms with Gasteiger partial charge in [0, 0.05) is 12.4 Å². The van der Waals surface area contributed by atoms with Gasteiger partial charge in [-0.1, -0.05) is 0 Å². The lowest BCUT2D eigenvalue weighted by molar-refractivity contribution is 1.34. The summed E-state index contributed by atoms with van der Waals surface area (Å²) < 4.78 is 3.99. The second-order valence-corrected chi connectivity index (χ2v) is 3.15. The predicted octanol–water partition coefficient (Wildman–Crippen LogP) is 1.79. The molecule has 0 saturated carbocycles. The first kappa shape index (κ1) is 7.24. The second-order valence-electron chi connectivity index (χ2n) is 2.32. The molecule has 2 heterocycles. The molecule has 0 aliphatic rings. The van der Waals surface area contributed by atoms with Crippen LogP contribution in [0.2, 0.25) is 0 Å².